The number of benzene rings is 2. The number of ether oxygens (including phenoxy) is 2. The number of alkyl halides is 3. The number of thioether (sulfide) groups is 1. The third kappa shape index (κ3) is 4.85. The van der Waals surface area contributed by atoms with E-state index in [0.29, 0.717) is 31.9 Å². The van der Waals surface area contributed by atoms with E-state index in [1.807, 2.05) is 0 Å². The third-order valence-corrected chi connectivity index (χ3v) is 4.94. The monoisotopic (exact) mass is 425 g/mol. The molecule has 1 N–H and O–H groups in total. The molecule has 3 rings (SSSR count). The van der Waals surface area contributed by atoms with Gasteiger partial charge < -0.3 is 14.8 Å². The smallest absolute Gasteiger partial charge is 0.416 e. The predicted molar refractivity (Wildman–Crippen MR) is 105 cm³/mol. The van der Waals surface area contributed by atoms with Gasteiger partial charge in [-0.1, -0.05) is 42.2 Å². The topological polar surface area (TPSA) is 47.6 Å². The van der Waals surface area contributed by atoms with Crippen LogP contribution in [0.15, 0.2) is 47.4 Å². The molecular weight excluding hydrogens is 411 g/mol. The quantitative estimate of drug-likeness (QED) is 0.552. The van der Waals surface area contributed by atoms with Crippen molar-refractivity contribution in [3.8, 4) is 11.5 Å². The molecule has 0 spiro atoms. The molecular formula is C19H14F3NO3S2. The number of thiocarbonyl (C=S) groups is 1. The number of carbonyl (C=O) groups excluding carboxylic acids is 1. The number of carbonyl (C=O) groups is 1. The molecule has 4 nitrogen and oxygen atoms in total. The minimum Gasteiger partial charge on any atom is -0.493 e. The number of halogens is 3. The van der Waals surface area contributed by atoms with Crippen molar-refractivity contribution in [3.05, 3.63) is 64.1 Å². The van der Waals surface area contributed by atoms with Crippen LogP contribution in [-0.2, 0) is 17.6 Å². The van der Waals surface area contributed by atoms with Gasteiger partial charge in [0.1, 0.15) is 10.9 Å². The van der Waals surface area contributed by atoms with Crippen molar-refractivity contribution in [2.24, 2.45) is 0 Å². The van der Waals surface area contributed by atoms with Gasteiger partial charge in [0.2, 0.25) is 0 Å². The summed E-state index contributed by atoms with van der Waals surface area (Å²) in [5, 5.41) is 2.53. The molecule has 0 bridgehead atoms. The highest BCUT2D eigenvalue weighted by Gasteiger charge is 2.30. The fraction of sp³-hybridized carbons (Fsp3) is 0.158. The molecule has 1 aliphatic heterocycles. The first-order chi connectivity index (χ1) is 13.3. The Bertz CT molecular complexity index is 958. The largest absolute Gasteiger partial charge is 0.493 e. The van der Waals surface area contributed by atoms with E-state index in [0.717, 1.165) is 23.9 Å². The Morgan fingerprint density at radius 2 is 1.96 bits per heavy atom. The van der Waals surface area contributed by atoms with Gasteiger partial charge in [0, 0.05) is 0 Å². The van der Waals surface area contributed by atoms with Crippen LogP contribution < -0.4 is 14.8 Å². The lowest BCUT2D eigenvalue weighted by molar-refractivity contribution is -0.137. The normalized spacial score (nSPS) is 15.6. The van der Waals surface area contributed by atoms with E-state index in [1.165, 1.54) is 13.2 Å². The van der Waals surface area contributed by atoms with E-state index < -0.39 is 11.7 Å². The summed E-state index contributed by atoms with van der Waals surface area (Å²) in [7, 11) is 1.45. The van der Waals surface area contributed by atoms with Crippen molar-refractivity contribution >= 4 is 40.3 Å². The van der Waals surface area contributed by atoms with Crippen LogP contribution >= 0.6 is 24.0 Å². The van der Waals surface area contributed by atoms with Crippen LogP contribution in [0.4, 0.5) is 13.2 Å². The number of methoxy groups -OCH3 is 1. The summed E-state index contributed by atoms with van der Waals surface area (Å²) in [5.41, 5.74) is 0.356. The van der Waals surface area contributed by atoms with Crippen LogP contribution in [0.5, 0.6) is 11.5 Å². The molecule has 0 radical (unpaired) electrons. The molecule has 0 aromatic heterocycles. The van der Waals surface area contributed by atoms with Gasteiger partial charge in [-0.2, -0.15) is 13.2 Å². The first-order valence-electron chi connectivity index (χ1n) is 7.98. The van der Waals surface area contributed by atoms with Crippen molar-refractivity contribution in [2.45, 2.75) is 12.8 Å². The number of nitrogens with one attached hydrogen (secondary N) is 1. The molecule has 0 aliphatic carbocycles. The van der Waals surface area contributed by atoms with Gasteiger partial charge in [-0.15, -0.1) is 0 Å². The predicted octanol–water partition coefficient (Wildman–Crippen LogP) is 4.78. The minimum absolute atomic E-state index is 0.0484. The van der Waals surface area contributed by atoms with Crippen LogP contribution in [0.1, 0.15) is 16.7 Å². The molecule has 2 aromatic carbocycles. The lowest BCUT2D eigenvalue weighted by Gasteiger charge is -2.13. The molecule has 0 atom stereocenters. The van der Waals surface area contributed by atoms with E-state index in [-0.39, 0.29) is 12.5 Å². The van der Waals surface area contributed by atoms with Crippen LogP contribution in [0.2, 0.25) is 0 Å². The Hall–Kier alpha value is -2.52. The van der Waals surface area contributed by atoms with Gasteiger partial charge in [0.05, 0.1) is 17.6 Å². The third-order valence-electron chi connectivity index (χ3n) is 3.78. The van der Waals surface area contributed by atoms with E-state index in [4.69, 9.17) is 21.7 Å². The van der Waals surface area contributed by atoms with E-state index in [2.05, 4.69) is 5.32 Å². The van der Waals surface area contributed by atoms with Crippen molar-refractivity contribution in [3.63, 3.8) is 0 Å². The summed E-state index contributed by atoms with van der Waals surface area (Å²) >= 11 is 6.11. The highest BCUT2D eigenvalue weighted by atomic mass is 32.2. The van der Waals surface area contributed by atoms with E-state index >= 15 is 0 Å². The molecule has 1 aliphatic rings. The van der Waals surface area contributed by atoms with Gasteiger partial charge in [-0.05, 0) is 41.5 Å². The summed E-state index contributed by atoms with van der Waals surface area (Å²) in [6.07, 6.45) is -2.74. The van der Waals surface area contributed by atoms with Gasteiger partial charge in [0.25, 0.3) is 5.91 Å². The van der Waals surface area contributed by atoms with Crippen molar-refractivity contribution in [1.29, 1.82) is 0 Å². The lowest BCUT2D eigenvalue weighted by atomic mass is 10.1. The summed E-state index contributed by atoms with van der Waals surface area (Å²) in [5.74, 6) is 0.507. The Balaban J connectivity index is 1.76. The lowest BCUT2D eigenvalue weighted by Crippen LogP contribution is -2.17. The number of amides is 1. The Labute approximate surface area is 168 Å². The van der Waals surface area contributed by atoms with Gasteiger partial charge >= 0.3 is 6.18 Å². The fourth-order valence-electron chi connectivity index (χ4n) is 2.46. The molecule has 0 unspecified atom stereocenters. The summed E-state index contributed by atoms with van der Waals surface area (Å²) < 4.78 is 49.7. The standard InChI is InChI=1S/C19H14F3NO3S2/c1-25-15-8-11(9-16-17(24)23-18(27)28-16)5-6-14(15)26-10-12-3-2-4-13(7-12)19(20,21)22/h2-9H,10H2,1H3,(H,23,24,27)/b16-9+. The fourth-order valence-corrected chi connectivity index (χ4v) is 3.51. The molecule has 0 saturated carbocycles. The zero-order valence-corrected chi connectivity index (χ0v) is 16.1. The second-order valence-electron chi connectivity index (χ2n) is 5.75. The number of rotatable bonds is 5. The maximum atomic E-state index is 12.8. The number of hydrogen-bond acceptors (Lipinski definition) is 5. The zero-order chi connectivity index (χ0) is 20.3. The highest BCUT2D eigenvalue weighted by Crippen LogP contribution is 2.33. The summed E-state index contributed by atoms with van der Waals surface area (Å²) in [4.78, 5) is 12.2. The molecule has 1 fully saturated rings. The molecule has 1 saturated heterocycles. The van der Waals surface area contributed by atoms with Crippen LogP contribution in [0.25, 0.3) is 6.08 Å². The molecule has 9 heteroatoms. The Kier molecular flexibility index (Phi) is 5.95. The minimum atomic E-state index is -4.41. The van der Waals surface area contributed by atoms with Gasteiger partial charge in [0.15, 0.2) is 11.5 Å². The van der Waals surface area contributed by atoms with Crippen LogP contribution in [0.3, 0.4) is 0 Å². The van der Waals surface area contributed by atoms with E-state index in [1.54, 1.807) is 30.3 Å². The maximum Gasteiger partial charge on any atom is 0.416 e. The van der Waals surface area contributed by atoms with Crippen molar-refractivity contribution in [1.82, 2.24) is 5.32 Å². The second kappa shape index (κ2) is 8.24. The Morgan fingerprint density at radius 1 is 1.18 bits per heavy atom. The van der Waals surface area contributed by atoms with Crippen molar-refractivity contribution < 1.29 is 27.4 Å². The van der Waals surface area contributed by atoms with Gasteiger partial charge in [-0.25, -0.2) is 0 Å². The molecule has 2 aromatic rings. The highest BCUT2D eigenvalue weighted by molar-refractivity contribution is 8.26. The van der Waals surface area contributed by atoms with Gasteiger partial charge in [-0.3, -0.25) is 4.79 Å². The zero-order valence-electron chi connectivity index (χ0n) is 14.5. The van der Waals surface area contributed by atoms with E-state index in [9.17, 15) is 18.0 Å². The summed E-state index contributed by atoms with van der Waals surface area (Å²) in [6.45, 7) is -0.0484. The average molecular weight is 425 g/mol. The maximum absolute atomic E-state index is 12.8. The first-order valence-corrected chi connectivity index (χ1v) is 9.20. The van der Waals surface area contributed by atoms with Crippen LogP contribution in [-0.4, -0.2) is 17.3 Å². The Morgan fingerprint density at radius 3 is 2.61 bits per heavy atom. The molecule has 1 heterocycles. The SMILES string of the molecule is COc1cc(/C=C2/SC(=S)NC2=O)ccc1OCc1cccc(C(F)(F)F)c1. The summed E-state index contributed by atoms with van der Waals surface area (Å²) in [6, 6.07) is 9.96. The van der Waals surface area contributed by atoms with Crippen LogP contribution in [0, 0.1) is 0 Å². The molecule has 146 valence electrons. The molecule has 28 heavy (non-hydrogen) atoms. The molecule has 1 amide bonds. The number of hydrogen-bond donors (Lipinski definition) is 1. The first kappa shape index (κ1) is 20.2. The average Bonchev–Trinajstić information content (AvgIpc) is 2.97. The van der Waals surface area contributed by atoms with Crippen molar-refractivity contribution in [2.75, 3.05) is 7.11 Å². The second-order valence-corrected chi connectivity index (χ2v) is 7.47.